The van der Waals surface area contributed by atoms with Gasteiger partial charge in [0.05, 0.1) is 18.9 Å². The van der Waals surface area contributed by atoms with Crippen molar-refractivity contribution in [2.45, 2.75) is 6.18 Å². The molecule has 1 saturated heterocycles. The Morgan fingerprint density at radius 2 is 2.08 bits per heavy atom. The Kier molecular flexibility index (Phi) is 4.18. The molecule has 9 heteroatoms. The van der Waals surface area contributed by atoms with E-state index in [-0.39, 0.29) is 18.1 Å². The van der Waals surface area contributed by atoms with Crippen molar-refractivity contribution in [2.24, 2.45) is 11.8 Å². The molecular weight excluding hydrogens is 344 g/mol. The zero-order chi connectivity index (χ0) is 18.4. The van der Waals surface area contributed by atoms with E-state index in [0.717, 1.165) is 6.07 Å². The molecule has 3 rings (SSSR count). The fraction of sp³-hybridized carbons (Fsp3) is 0.375. The van der Waals surface area contributed by atoms with Crippen LogP contribution in [0.25, 0.3) is 10.8 Å². The molecular formula is C16H14F4N2O3. The van der Waals surface area contributed by atoms with Gasteiger partial charge in [-0.3, -0.25) is 4.79 Å². The number of nitrogens with zero attached hydrogens (tertiary/aromatic N) is 2. The van der Waals surface area contributed by atoms with E-state index in [1.54, 1.807) is 6.07 Å². The van der Waals surface area contributed by atoms with Crippen LogP contribution in [-0.4, -0.2) is 42.4 Å². The molecule has 0 radical (unpaired) electrons. The van der Waals surface area contributed by atoms with Gasteiger partial charge >= 0.3 is 12.1 Å². The summed E-state index contributed by atoms with van der Waals surface area (Å²) in [7, 11) is 1.30. The van der Waals surface area contributed by atoms with E-state index in [0.29, 0.717) is 10.8 Å². The maximum absolute atomic E-state index is 14.0. The Labute approximate surface area is 139 Å². The quantitative estimate of drug-likeness (QED) is 0.855. The van der Waals surface area contributed by atoms with E-state index in [4.69, 9.17) is 9.84 Å². The van der Waals surface area contributed by atoms with Crippen molar-refractivity contribution < 1.29 is 32.2 Å². The van der Waals surface area contributed by atoms with Crippen molar-refractivity contribution in [3.8, 4) is 5.75 Å². The first-order valence-electron chi connectivity index (χ1n) is 7.39. The highest BCUT2D eigenvalue weighted by Crippen LogP contribution is 2.40. The molecule has 25 heavy (non-hydrogen) atoms. The van der Waals surface area contributed by atoms with Crippen LogP contribution in [0.5, 0.6) is 5.75 Å². The number of hydrogen-bond donors (Lipinski definition) is 1. The Morgan fingerprint density at radius 3 is 2.64 bits per heavy atom. The van der Waals surface area contributed by atoms with Crippen LogP contribution in [0, 0.1) is 17.7 Å². The molecule has 1 aromatic carbocycles. The van der Waals surface area contributed by atoms with Crippen molar-refractivity contribution in [2.75, 3.05) is 25.1 Å². The minimum Gasteiger partial charge on any atom is -0.494 e. The van der Waals surface area contributed by atoms with Crippen molar-refractivity contribution in [1.29, 1.82) is 0 Å². The summed E-state index contributed by atoms with van der Waals surface area (Å²) in [5.74, 6) is -5.67. The highest BCUT2D eigenvalue weighted by molar-refractivity contribution is 5.93. The molecule has 0 saturated carbocycles. The Hall–Kier alpha value is -2.58. The number of carbonyl (C=O) groups is 1. The number of carboxylic acids is 1. The fourth-order valence-electron chi connectivity index (χ4n) is 3.13. The monoisotopic (exact) mass is 358 g/mol. The minimum atomic E-state index is -4.64. The molecule has 0 aliphatic carbocycles. The molecule has 1 aromatic heterocycles. The van der Waals surface area contributed by atoms with Gasteiger partial charge in [0.1, 0.15) is 5.82 Å². The van der Waals surface area contributed by atoms with Crippen LogP contribution in [0.1, 0.15) is 0 Å². The maximum Gasteiger partial charge on any atom is 0.394 e. The van der Waals surface area contributed by atoms with Crippen molar-refractivity contribution in [3.05, 3.63) is 30.2 Å². The molecule has 1 N–H and O–H groups in total. The van der Waals surface area contributed by atoms with Crippen molar-refractivity contribution >= 4 is 22.6 Å². The van der Waals surface area contributed by atoms with E-state index < -0.39 is 36.3 Å². The van der Waals surface area contributed by atoms with Gasteiger partial charge in [0.15, 0.2) is 11.6 Å². The summed E-state index contributed by atoms with van der Waals surface area (Å²) in [5.41, 5.74) is 0. The zero-order valence-corrected chi connectivity index (χ0v) is 13.0. The van der Waals surface area contributed by atoms with Gasteiger partial charge in [-0.15, -0.1) is 0 Å². The highest BCUT2D eigenvalue weighted by Gasteiger charge is 2.53. The van der Waals surface area contributed by atoms with Gasteiger partial charge in [-0.2, -0.15) is 13.2 Å². The van der Waals surface area contributed by atoms with E-state index in [1.807, 2.05) is 0 Å². The van der Waals surface area contributed by atoms with Gasteiger partial charge in [0.25, 0.3) is 0 Å². The molecule has 1 aliphatic heterocycles. The van der Waals surface area contributed by atoms with Gasteiger partial charge in [-0.05, 0) is 23.6 Å². The van der Waals surface area contributed by atoms with Crippen molar-refractivity contribution in [3.63, 3.8) is 0 Å². The second-order valence-electron chi connectivity index (χ2n) is 5.84. The lowest BCUT2D eigenvalue weighted by molar-refractivity contribution is -0.187. The number of benzene rings is 1. The first-order valence-corrected chi connectivity index (χ1v) is 7.39. The Bertz CT molecular complexity index is 825. The number of ether oxygens (including phenoxy) is 1. The second-order valence-corrected chi connectivity index (χ2v) is 5.84. The molecule has 0 amide bonds. The molecule has 0 bridgehead atoms. The topological polar surface area (TPSA) is 62.7 Å². The van der Waals surface area contributed by atoms with Crippen LogP contribution in [-0.2, 0) is 4.79 Å². The predicted molar refractivity (Wildman–Crippen MR) is 81.1 cm³/mol. The molecule has 1 aliphatic rings. The van der Waals surface area contributed by atoms with Gasteiger partial charge < -0.3 is 14.7 Å². The lowest BCUT2D eigenvalue weighted by Crippen LogP contribution is -2.33. The van der Waals surface area contributed by atoms with Crippen LogP contribution in [0.4, 0.5) is 23.4 Å². The molecule has 0 spiro atoms. The summed E-state index contributed by atoms with van der Waals surface area (Å²) >= 11 is 0. The smallest absolute Gasteiger partial charge is 0.394 e. The zero-order valence-electron chi connectivity index (χ0n) is 13.0. The standard InChI is InChI=1S/C16H14F4N2O3/c1-25-13-4-8-2-3-21-14(9(8)5-12(13)17)22-6-10(15(23)24)11(7-22)16(18,19)20/h2-5,10-11H,6-7H2,1H3,(H,23,24)/t10-,11-/m1/s1. The maximum atomic E-state index is 14.0. The van der Waals surface area contributed by atoms with E-state index in [1.165, 1.54) is 24.3 Å². The Balaban J connectivity index is 2.05. The second kappa shape index (κ2) is 6.05. The molecule has 0 unspecified atom stereocenters. The predicted octanol–water partition coefficient (Wildman–Crippen LogP) is 3.08. The van der Waals surface area contributed by atoms with Gasteiger partial charge in [-0.1, -0.05) is 0 Å². The first kappa shape index (κ1) is 17.2. The number of halogens is 4. The first-order chi connectivity index (χ1) is 11.7. The lowest BCUT2D eigenvalue weighted by atomic mass is 9.96. The van der Waals surface area contributed by atoms with Gasteiger partial charge in [0.2, 0.25) is 0 Å². The van der Waals surface area contributed by atoms with Gasteiger partial charge in [-0.25, -0.2) is 9.37 Å². The third-order valence-electron chi connectivity index (χ3n) is 4.37. The normalized spacial score (nSPS) is 20.9. The summed E-state index contributed by atoms with van der Waals surface area (Å²) in [6, 6.07) is 4.13. The number of anilines is 1. The molecule has 2 heterocycles. The van der Waals surface area contributed by atoms with Crippen molar-refractivity contribution in [1.82, 2.24) is 4.98 Å². The number of rotatable bonds is 3. The minimum absolute atomic E-state index is 0.00246. The summed E-state index contributed by atoms with van der Waals surface area (Å²) in [6.45, 7) is -0.889. The number of pyridine rings is 1. The van der Waals surface area contributed by atoms with Gasteiger partial charge in [0, 0.05) is 24.7 Å². The van der Waals surface area contributed by atoms with Crippen LogP contribution in [0.2, 0.25) is 0 Å². The summed E-state index contributed by atoms with van der Waals surface area (Å²) < 4.78 is 58.4. The van der Waals surface area contributed by atoms with E-state index in [9.17, 15) is 22.4 Å². The lowest BCUT2D eigenvalue weighted by Gasteiger charge is -2.20. The molecule has 134 valence electrons. The highest BCUT2D eigenvalue weighted by atomic mass is 19.4. The number of aliphatic carboxylic acids is 1. The molecule has 2 aromatic rings. The SMILES string of the molecule is COc1cc2ccnc(N3C[C@@H](C(F)(F)F)[C@H](C(=O)O)C3)c2cc1F. The van der Waals surface area contributed by atoms with Crippen LogP contribution in [0.3, 0.4) is 0 Å². The molecule has 2 atom stereocenters. The fourth-order valence-corrected chi connectivity index (χ4v) is 3.13. The Morgan fingerprint density at radius 1 is 1.36 bits per heavy atom. The summed E-state index contributed by atoms with van der Waals surface area (Å²) in [6.07, 6.45) is -3.26. The van der Waals surface area contributed by atoms with Crippen LogP contribution >= 0.6 is 0 Å². The molecule has 1 fully saturated rings. The number of carboxylic acid groups (broad SMARTS) is 1. The average molecular weight is 358 g/mol. The number of fused-ring (bicyclic) bond motifs is 1. The third kappa shape index (κ3) is 3.06. The number of hydrogen-bond acceptors (Lipinski definition) is 4. The number of alkyl halides is 3. The van der Waals surface area contributed by atoms with Crippen LogP contribution in [0.15, 0.2) is 24.4 Å². The number of aromatic nitrogens is 1. The summed E-state index contributed by atoms with van der Waals surface area (Å²) in [5, 5.41) is 9.95. The van der Waals surface area contributed by atoms with E-state index in [2.05, 4.69) is 4.98 Å². The van der Waals surface area contributed by atoms with E-state index >= 15 is 0 Å². The largest absolute Gasteiger partial charge is 0.494 e. The average Bonchev–Trinajstić information content (AvgIpc) is 2.99. The number of methoxy groups -OCH3 is 1. The molecule has 5 nitrogen and oxygen atoms in total. The summed E-state index contributed by atoms with van der Waals surface area (Å²) in [4.78, 5) is 16.5. The third-order valence-corrected chi connectivity index (χ3v) is 4.37. The van der Waals surface area contributed by atoms with Crippen LogP contribution < -0.4 is 9.64 Å².